The van der Waals surface area contributed by atoms with Gasteiger partial charge in [0, 0.05) is 6.04 Å². The zero-order valence-corrected chi connectivity index (χ0v) is 7.16. The van der Waals surface area contributed by atoms with E-state index in [0.717, 1.165) is 12.8 Å². The summed E-state index contributed by atoms with van der Waals surface area (Å²) < 4.78 is 0. The quantitative estimate of drug-likeness (QED) is 0.715. The Morgan fingerprint density at radius 2 is 2.08 bits per heavy atom. The third-order valence-electron chi connectivity index (χ3n) is 2.06. The molecule has 3 heteroatoms. The molecule has 68 valence electrons. The van der Waals surface area contributed by atoms with Crippen molar-refractivity contribution in [1.82, 2.24) is 5.32 Å². The Hall–Kier alpha value is -1.51. The number of para-hydroxylation sites is 1. The van der Waals surface area contributed by atoms with Gasteiger partial charge in [-0.1, -0.05) is 12.1 Å². The molecular formula is C10H11NO2. The maximum absolute atomic E-state index is 11.4. The minimum absolute atomic E-state index is 0.0423. The predicted molar refractivity (Wildman–Crippen MR) is 48.6 cm³/mol. The van der Waals surface area contributed by atoms with Crippen LogP contribution in [0.3, 0.4) is 0 Å². The van der Waals surface area contributed by atoms with E-state index in [4.69, 9.17) is 0 Å². The number of nitrogens with one attached hydrogen (secondary N) is 1. The van der Waals surface area contributed by atoms with E-state index < -0.39 is 0 Å². The number of rotatable bonds is 2. The van der Waals surface area contributed by atoms with Crippen molar-refractivity contribution in [3.63, 3.8) is 0 Å². The first-order valence-corrected chi connectivity index (χ1v) is 4.36. The lowest BCUT2D eigenvalue weighted by atomic mass is 10.2. The molecule has 1 aromatic carbocycles. The van der Waals surface area contributed by atoms with Gasteiger partial charge in [-0.3, -0.25) is 4.79 Å². The van der Waals surface area contributed by atoms with E-state index in [9.17, 15) is 9.90 Å². The number of carbonyl (C=O) groups excluding carboxylic acids is 1. The molecule has 0 atom stereocenters. The second-order valence-electron chi connectivity index (χ2n) is 3.26. The number of amides is 1. The maximum Gasteiger partial charge on any atom is 0.255 e. The van der Waals surface area contributed by atoms with E-state index in [1.165, 1.54) is 6.07 Å². The highest BCUT2D eigenvalue weighted by Crippen LogP contribution is 2.21. The summed E-state index contributed by atoms with van der Waals surface area (Å²) in [6.07, 6.45) is 2.11. The highest BCUT2D eigenvalue weighted by molar-refractivity contribution is 5.97. The molecule has 1 aliphatic rings. The lowest BCUT2D eigenvalue weighted by molar-refractivity contribution is 0.0948. The van der Waals surface area contributed by atoms with Crippen molar-refractivity contribution in [3.05, 3.63) is 29.8 Å². The molecule has 1 aromatic rings. The summed E-state index contributed by atoms with van der Waals surface area (Å²) in [6, 6.07) is 6.90. The lowest BCUT2D eigenvalue weighted by Gasteiger charge is -2.04. The Morgan fingerprint density at radius 1 is 1.38 bits per heavy atom. The molecule has 1 saturated carbocycles. The van der Waals surface area contributed by atoms with Gasteiger partial charge < -0.3 is 10.4 Å². The molecule has 13 heavy (non-hydrogen) atoms. The number of carbonyl (C=O) groups is 1. The first-order valence-electron chi connectivity index (χ1n) is 4.36. The zero-order valence-electron chi connectivity index (χ0n) is 7.16. The number of phenols is 1. The van der Waals surface area contributed by atoms with Gasteiger partial charge >= 0.3 is 0 Å². The minimum Gasteiger partial charge on any atom is -0.507 e. The molecule has 0 bridgehead atoms. The standard InChI is InChI=1S/C10H11NO2/c12-9-4-2-1-3-8(9)10(13)11-7-5-6-7/h1-4,7,12H,5-6H2,(H,11,13). The molecule has 1 amide bonds. The summed E-state index contributed by atoms with van der Waals surface area (Å²) in [5.74, 6) is -0.138. The Kier molecular flexibility index (Phi) is 1.93. The average Bonchev–Trinajstić information content (AvgIpc) is 2.89. The molecule has 0 saturated heterocycles. The molecule has 2 rings (SSSR count). The smallest absolute Gasteiger partial charge is 0.255 e. The summed E-state index contributed by atoms with van der Waals surface area (Å²) >= 11 is 0. The van der Waals surface area contributed by atoms with Crippen LogP contribution in [-0.4, -0.2) is 17.1 Å². The third kappa shape index (κ3) is 1.80. The summed E-state index contributed by atoms with van der Waals surface area (Å²) in [7, 11) is 0. The molecule has 1 aliphatic carbocycles. The fourth-order valence-electron chi connectivity index (χ4n) is 1.16. The van der Waals surface area contributed by atoms with Crippen molar-refractivity contribution in [2.45, 2.75) is 18.9 Å². The molecule has 0 radical (unpaired) electrons. The molecule has 0 aliphatic heterocycles. The molecule has 0 unspecified atom stereocenters. The normalized spacial score (nSPS) is 15.4. The predicted octanol–water partition coefficient (Wildman–Crippen LogP) is 1.28. The molecule has 0 spiro atoms. The number of hydrogen-bond donors (Lipinski definition) is 2. The van der Waals surface area contributed by atoms with Crippen molar-refractivity contribution < 1.29 is 9.90 Å². The highest BCUT2D eigenvalue weighted by atomic mass is 16.3. The van der Waals surface area contributed by atoms with Crippen molar-refractivity contribution in [2.75, 3.05) is 0 Å². The Bertz CT molecular complexity index is 331. The summed E-state index contributed by atoms with van der Waals surface area (Å²) in [4.78, 5) is 11.4. The number of aromatic hydroxyl groups is 1. The van der Waals surface area contributed by atoms with Crippen LogP contribution >= 0.6 is 0 Å². The number of benzene rings is 1. The molecule has 0 aromatic heterocycles. The Labute approximate surface area is 76.4 Å². The molecular weight excluding hydrogens is 166 g/mol. The van der Waals surface area contributed by atoms with Gasteiger partial charge in [-0.2, -0.15) is 0 Å². The lowest BCUT2D eigenvalue weighted by Crippen LogP contribution is -2.25. The molecule has 1 fully saturated rings. The average molecular weight is 177 g/mol. The number of hydrogen-bond acceptors (Lipinski definition) is 2. The Balaban J connectivity index is 2.13. The van der Waals surface area contributed by atoms with Crippen LogP contribution in [-0.2, 0) is 0 Å². The van der Waals surface area contributed by atoms with Crippen molar-refractivity contribution >= 4 is 5.91 Å². The second kappa shape index (κ2) is 3.09. The van der Waals surface area contributed by atoms with E-state index >= 15 is 0 Å². The van der Waals surface area contributed by atoms with Crippen molar-refractivity contribution in [3.8, 4) is 5.75 Å². The van der Waals surface area contributed by atoms with Gasteiger partial charge in [-0.15, -0.1) is 0 Å². The van der Waals surface area contributed by atoms with Crippen LogP contribution in [0.15, 0.2) is 24.3 Å². The summed E-state index contributed by atoms with van der Waals surface area (Å²) in [5, 5.41) is 12.2. The second-order valence-corrected chi connectivity index (χ2v) is 3.26. The maximum atomic E-state index is 11.4. The van der Waals surface area contributed by atoms with Gasteiger partial charge in [-0.25, -0.2) is 0 Å². The van der Waals surface area contributed by atoms with E-state index in [2.05, 4.69) is 5.32 Å². The van der Waals surface area contributed by atoms with Crippen LogP contribution in [0.25, 0.3) is 0 Å². The largest absolute Gasteiger partial charge is 0.507 e. The van der Waals surface area contributed by atoms with Gasteiger partial charge in [-0.05, 0) is 25.0 Å². The van der Waals surface area contributed by atoms with Crippen LogP contribution in [0, 0.1) is 0 Å². The monoisotopic (exact) mass is 177 g/mol. The highest BCUT2D eigenvalue weighted by Gasteiger charge is 2.24. The minimum atomic E-state index is -0.180. The van der Waals surface area contributed by atoms with E-state index in [1.807, 2.05) is 0 Å². The summed E-state index contributed by atoms with van der Waals surface area (Å²) in [5.41, 5.74) is 0.356. The molecule has 3 nitrogen and oxygen atoms in total. The third-order valence-corrected chi connectivity index (χ3v) is 2.06. The first-order chi connectivity index (χ1) is 6.27. The van der Waals surface area contributed by atoms with Gasteiger partial charge in [0.05, 0.1) is 5.56 Å². The van der Waals surface area contributed by atoms with Gasteiger partial charge in [0.2, 0.25) is 0 Å². The van der Waals surface area contributed by atoms with Crippen LogP contribution in [0.4, 0.5) is 0 Å². The fraction of sp³-hybridized carbons (Fsp3) is 0.300. The van der Waals surface area contributed by atoms with Crippen LogP contribution in [0.2, 0.25) is 0 Å². The molecule has 2 N–H and O–H groups in total. The zero-order chi connectivity index (χ0) is 9.26. The number of phenolic OH excluding ortho intramolecular Hbond substituents is 1. The van der Waals surface area contributed by atoms with Crippen LogP contribution in [0.5, 0.6) is 5.75 Å². The summed E-state index contributed by atoms with van der Waals surface area (Å²) in [6.45, 7) is 0. The van der Waals surface area contributed by atoms with E-state index in [0.29, 0.717) is 11.6 Å². The van der Waals surface area contributed by atoms with Gasteiger partial charge in [0.25, 0.3) is 5.91 Å². The van der Waals surface area contributed by atoms with Crippen LogP contribution < -0.4 is 5.32 Å². The Morgan fingerprint density at radius 3 is 2.69 bits per heavy atom. The SMILES string of the molecule is O=C(NC1CC1)c1ccccc1O. The van der Waals surface area contributed by atoms with Crippen LogP contribution in [0.1, 0.15) is 23.2 Å². The first kappa shape index (κ1) is 8.10. The van der Waals surface area contributed by atoms with Crippen molar-refractivity contribution in [1.29, 1.82) is 0 Å². The van der Waals surface area contributed by atoms with Gasteiger partial charge in [0.15, 0.2) is 0 Å². The van der Waals surface area contributed by atoms with E-state index in [1.54, 1.807) is 18.2 Å². The van der Waals surface area contributed by atoms with Gasteiger partial charge in [0.1, 0.15) is 5.75 Å². The molecule has 0 heterocycles. The topological polar surface area (TPSA) is 49.3 Å². The van der Waals surface area contributed by atoms with Crippen molar-refractivity contribution in [2.24, 2.45) is 0 Å². The van der Waals surface area contributed by atoms with E-state index in [-0.39, 0.29) is 11.7 Å². The fourth-order valence-corrected chi connectivity index (χ4v) is 1.16.